The Balaban J connectivity index is 2.09. The predicted octanol–water partition coefficient (Wildman–Crippen LogP) is 1.68. The van der Waals surface area contributed by atoms with Crippen molar-refractivity contribution in [3.8, 4) is 0 Å². The van der Waals surface area contributed by atoms with Crippen LogP contribution in [-0.4, -0.2) is 26.2 Å². The molecule has 0 N–H and O–H groups in total. The lowest BCUT2D eigenvalue weighted by molar-refractivity contribution is -0.161. The molecule has 0 spiro atoms. The molecule has 0 aromatic carbocycles. The fraction of sp³-hybridized carbons (Fsp3) is 0.667. The van der Waals surface area contributed by atoms with Gasteiger partial charge in [0.05, 0.1) is 0 Å². The van der Waals surface area contributed by atoms with E-state index in [1.165, 1.54) is 0 Å². The van der Waals surface area contributed by atoms with E-state index in [-0.39, 0.29) is 6.29 Å². The lowest BCUT2D eigenvalue weighted by atomic mass is 10.2. The van der Waals surface area contributed by atoms with Crippen LogP contribution in [0.25, 0.3) is 0 Å². The molecule has 4 nitrogen and oxygen atoms in total. The second-order valence-corrected chi connectivity index (χ2v) is 2.87. The van der Waals surface area contributed by atoms with E-state index in [9.17, 15) is 0 Å². The van der Waals surface area contributed by atoms with E-state index in [2.05, 4.69) is 23.3 Å². The first-order chi connectivity index (χ1) is 6.33. The summed E-state index contributed by atoms with van der Waals surface area (Å²) in [4.78, 5) is 4.67. The number of ether oxygens (including phenoxy) is 2. The monoisotopic (exact) mass is 185 g/mol. The van der Waals surface area contributed by atoms with Crippen LogP contribution in [0.3, 0.4) is 0 Å². The van der Waals surface area contributed by atoms with Gasteiger partial charge < -0.3 is 14.3 Å². The summed E-state index contributed by atoms with van der Waals surface area (Å²) in [5.41, 5.74) is 0. The molecule has 1 aliphatic heterocycles. The van der Waals surface area contributed by atoms with Crippen LogP contribution in [0.4, 0.5) is 0 Å². The fourth-order valence-electron chi connectivity index (χ4n) is 1.15. The summed E-state index contributed by atoms with van der Waals surface area (Å²) in [6.07, 6.45) is 3.09. The summed E-state index contributed by atoms with van der Waals surface area (Å²) in [5, 5.41) is 3.23. The zero-order valence-electron chi connectivity index (χ0n) is 7.70. The van der Waals surface area contributed by atoms with Gasteiger partial charge in [-0.2, -0.15) is 0 Å². The first-order valence-electron chi connectivity index (χ1n) is 4.37. The molecule has 1 fully saturated rings. The van der Waals surface area contributed by atoms with Gasteiger partial charge in [0, 0.05) is 13.3 Å². The van der Waals surface area contributed by atoms with Crippen molar-refractivity contribution in [3.05, 3.63) is 12.3 Å². The van der Waals surface area contributed by atoms with Gasteiger partial charge >= 0.3 is 0 Å². The van der Waals surface area contributed by atoms with Crippen molar-refractivity contribution < 1.29 is 14.3 Å². The molecule has 0 aromatic heterocycles. The minimum Gasteiger partial charge on any atom is -0.360 e. The highest BCUT2D eigenvalue weighted by molar-refractivity contribution is 5.21. The molecule has 0 saturated carbocycles. The summed E-state index contributed by atoms with van der Waals surface area (Å²) in [6.45, 7) is 7.85. The van der Waals surface area contributed by atoms with Crippen molar-refractivity contribution in [1.82, 2.24) is 0 Å². The maximum Gasteiger partial charge on any atom is 0.158 e. The molecule has 1 heterocycles. The molecule has 1 rings (SSSR count). The van der Waals surface area contributed by atoms with Gasteiger partial charge in [-0.05, 0) is 19.3 Å². The van der Waals surface area contributed by atoms with Crippen molar-refractivity contribution >= 4 is 6.72 Å². The van der Waals surface area contributed by atoms with E-state index >= 15 is 0 Å². The zero-order chi connectivity index (χ0) is 9.52. The Bertz CT molecular complexity index is 176. The molecule has 0 aliphatic carbocycles. The summed E-state index contributed by atoms with van der Waals surface area (Å²) in [5.74, 6) is 0.448. The second-order valence-electron chi connectivity index (χ2n) is 2.87. The molecule has 1 unspecified atom stereocenters. The summed E-state index contributed by atoms with van der Waals surface area (Å²) in [6, 6.07) is 0. The Morgan fingerprint density at radius 2 is 2.38 bits per heavy atom. The zero-order valence-corrected chi connectivity index (χ0v) is 7.70. The first-order valence-corrected chi connectivity index (χ1v) is 4.37. The SMILES string of the molecule is C=NOC(=C)COC1CCCCO1. The van der Waals surface area contributed by atoms with E-state index < -0.39 is 0 Å². The van der Waals surface area contributed by atoms with Crippen molar-refractivity contribution in [2.24, 2.45) is 5.16 Å². The standard InChI is InChI=1S/C9H15NO3/c1-8(13-10-2)7-12-9-5-3-4-6-11-9/h9H,1-7H2. The maximum absolute atomic E-state index is 5.36. The number of oxime groups is 1. The van der Waals surface area contributed by atoms with Crippen molar-refractivity contribution in [3.63, 3.8) is 0 Å². The third-order valence-corrected chi connectivity index (χ3v) is 1.76. The van der Waals surface area contributed by atoms with Crippen LogP contribution in [0.1, 0.15) is 19.3 Å². The highest BCUT2D eigenvalue weighted by Crippen LogP contribution is 2.14. The highest BCUT2D eigenvalue weighted by Gasteiger charge is 2.14. The van der Waals surface area contributed by atoms with Crippen LogP contribution in [0.2, 0.25) is 0 Å². The van der Waals surface area contributed by atoms with Crippen molar-refractivity contribution in [1.29, 1.82) is 0 Å². The molecule has 1 aliphatic rings. The Kier molecular flexibility index (Phi) is 4.49. The molecule has 0 radical (unpaired) electrons. The summed E-state index contributed by atoms with van der Waals surface area (Å²) in [7, 11) is 0. The average molecular weight is 185 g/mol. The topological polar surface area (TPSA) is 40.0 Å². The quantitative estimate of drug-likeness (QED) is 0.371. The fourth-order valence-corrected chi connectivity index (χ4v) is 1.15. The minimum absolute atomic E-state index is 0.112. The molecule has 13 heavy (non-hydrogen) atoms. The Hall–Kier alpha value is -0.870. The van der Waals surface area contributed by atoms with E-state index in [0.29, 0.717) is 12.4 Å². The van der Waals surface area contributed by atoms with Crippen molar-refractivity contribution in [2.45, 2.75) is 25.6 Å². The van der Waals surface area contributed by atoms with Gasteiger partial charge in [0.15, 0.2) is 12.0 Å². The van der Waals surface area contributed by atoms with E-state index in [0.717, 1.165) is 25.9 Å². The molecule has 4 heteroatoms. The molecular weight excluding hydrogens is 170 g/mol. The van der Waals surface area contributed by atoms with Crippen LogP contribution in [-0.2, 0) is 14.3 Å². The third-order valence-electron chi connectivity index (χ3n) is 1.76. The molecule has 0 amide bonds. The van der Waals surface area contributed by atoms with Gasteiger partial charge in [-0.1, -0.05) is 11.7 Å². The normalized spacial score (nSPS) is 22.3. The Morgan fingerprint density at radius 1 is 1.54 bits per heavy atom. The van der Waals surface area contributed by atoms with Crippen LogP contribution in [0, 0.1) is 0 Å². The van der Waals surface area contributed by atoms with E-state index in [1.807, 2.05) is 0 Å². The average Bonchev–Trinajstić information content (AvgIpc) is 2.17. The maximum atomic E-state index is 5.36. The third kappa shape index (κ3) is 4.05. The molecule has 1 atom stereocenters. The number of hydrogen-bond donors (Lipinski definition) is 0. The largest absolute Gasteiger partial charge is 0.360 e. The van der Waals surface area contributed by atoms with Crippen molar-refractivity contribution in [2.75, 3.05) is 13.2 Å². The van der Waals surface area contributed by atoms with Gasteiger partial charge in [-0.15, -0.1) is 0 Å². The lowest BCUT2D eigenvalue weighted by Gasteiger charge is -2.22. The van der Waals surface area contributed by atoms with Gasteiger partial charge in [-0.3, -0.25) is 0 Å². The van der Waals surface area contributed by atoms with E-state index in [1.54, 1.807) is 0 Å². The smallest absolute Gasteiger partial charge is 0.158 e. The van der Waals surface area contributed by atoms with Crippen LogP contribution in [0.5, 0.6) is 0 Å². The van der Waals surface area contributed by atoms with Crippen LogP contribution >= 0.6 is 0 Å². The first kappa shape index (κ1) is 10.2. The number of rotatable bonds is 5. The molecular formula is C9H15NO3. The minimum atomic E-state index is -0.112. The van der Waals surface area contributed by atoms with Gasteiger partial charge in [0.25, 0.3) is 0 Å². The van der Waals surface area contributed by atoms with Gasteiger partial charge in [0.2, 0.25) is 0 Å². The lowest BCUT2D eigenvalue weighted by Crippen LogP contribution is -2.23. The van der Waals surface area contributed by atoms with E-state index in [4.69, 9.17) is 9.47 Å². The van der Waals surface area contributed by atoms with Gasteiger partial charge in [-0.25, -0.2) is 0 Å². The number of nitrogens with zero attached hydrogens (tertiary/aromatic N) is 1. The second kappa shape index (κ2) is 5.72. The molecule has 1 saturated heterocycles. The summed E-state index contributed by atoms with van der Waals surface area (Å²) < 4.78 is 10.7. The predicted molar refractivity (Wildman–Crippen MR) is 49.3 cm³/mol. The van der Waals surface area contributed by atoms with Crippen LogP contribution < -0.4 is 0 Å². The summed E-state index contributed by atoms with van der Waals surface area (Å²) >= 11 is 0. The molecule has 0 aromatic rings. The number of hydrogen-bond acceptors (Lipinski definition) is 4. The Morgan fingerprint density at radius 3 is 3.00 bits per heavy atom. The highest BCUT2D eigenvalue weighted by atomic mass is 16.7. The van der Waals surface area contributed by atoms with Gasteiger partial charge in [0.1, 0.15) is 6.61 Å². The molecule has 0 bridgehead atoms. The van der Waals surface area contributed by atoms with Crippen LogP contribution in [0.15, 0.2) is 17.5 Å². The molecule has 74 valence electrons. The Labute approximate surface area is 78.2 Å².